The van der Waals surface area contributed by atoms with Crippen LogP contribution in [0.3, 0.4) is 0 Å². The van der Waals surface area contributed by atoms with E-state index < -0.39 is 30.6 Å². The van der Waals surface area contributed by atoms with Gasteiger partial charge in [-0.3, -0.25) is 0 Å². The molecule has 0 spiro atoms. The minimum atomic E-state index is -0.878. The van der Waals surface area contributed by atoms with Crippen LogP contribution in [0.25, 0.3) is 10.4 Å². The van der Waals surface area contributed by atoms with Gasteiger partial charge < -0.3 is 23.7 Å². The maximum atomic E-state index is 9.46. The van der Waals surface area contributed by atoms with Crippen LogP contribution in [0.4, 0.5) is 0 Å². The normalized spacial score (nSPS) is 23.5. The van der Waals surface area contributed by atoms with Gasteiger partial charge in [-0.1, -0.05) is 102 Å². The second-order valence-corrected chi connectivity index (χ2v) is 9.34. The Balaban J connectivity index is 1.60. The number of nitrogens with zero attached hydrogens (tertiary/aromatic N) is 3. The molecule has 0 amide bonds. The number of benzene rings is 3. The molecule has 6 atom stereocenters. The van der Waals surface area contributed by atoms with Crippen LogP contribution in [-0.2, 0) is 43.5 Å². The van der Waals surface area contributed by atoms with Crippen molar-refractivity contribution < 1.29 is 23.7 Å². The van der Waals surface area contributed by atoms with Crippen LogP contribution in [0.15, 0.2) is 109 Å². The summed E-state index contributed by atoms with van der Waals surface area (Å²) in [5.41, 5.74) is 12.5. The van der Waals surface area contributed by atoms with E-state index in [1.807, 2.05) is 97.9 Å². The van der Waals surface area contributed by atoms with Crippen molar-refractivity contribution in [2.24, 2.45) is 5.11 Å². The maximum absolute atomic E-state index is 9.46. The first kappa shape index (κ1) is 28.5. The zero-order valence-electron chi connectivity index (χ0n) is 22.1. The Kier molecular flexibility index (Phi) is 11.1. The second-order valence-electron chi connectivity index (χ2n) is 9.34. The first-order chi connectivity index (χ1) is 19.2. The summed E-state index contributed by atoms with van der Waals surface area (Å²) in [6.45, 7) is 6.92. The van der Waals surface area contributed by atoms with Crippen LogP contribution in [0, 0.1) is 0 Å². The van der Waals surface area contributed by atoms with E-state index >= 15 is 0 Å². The van der Waals surface area contributed by atoms with E-state index in [0.717, 1.165) is 16.7 Å². The molecule has 0 N–H and O–H groups in total. The van der Waals surface area contributed by atoms with E-state index in [4.69, 9.17) is 23.7 Å². The molecule has 1 fully saturated rings. The summed E-state index contributed by atoms with van der Waals surface area (Å²) < 4.78 is 31.5. The number of rotatable bonds is 14. The van der Waals surface area contributed by atoms with Crippen LogP contribution in [0.2, 0.25) is 0 Å². The summed E-state index contributed by atoms with van der Waals surface area (Å²) in [5.74, 6) is 0. The third-order valence-corrected chi connectivity index (χ3v) is 6.44. The van der Waals surface area contributed by atoms with Crippen LogP contribution < -0.4 is 0 Å². The molecule has 1 aliphatic rings. The molecular formula is C31H35N3O5. The van der Waals surface area contributed by atoms with Gasteiger partial charge in [0.2, 0.25) is 0 Å². The zero-order valence-corrected chi connectivity index (χ0v) is 22.1. The van der Waals surface area contributed by atoms with Gasteiger partial charge in [0.1, 0.15) is 24.4 Å². The Bertz CT molecular complexity index is 1170. The van der Waals surface area contributed by atoms with Gasteiger partial charge in [-0.25, -0.2) is 0 Å². The van der Waals surface area contributed by atoms with Gasteiger partial charge in [0.05, 0.1) is 32.5 Å². The second kappa shape index (κ2) is 15.2. The first-order valence-corrected chi connectivity index (χ1v) is 13.1. The standard InChI is InChI=1S/C31H35N3O5/c1-3-23(2)38-31-28(33-34-32)30(37-21-26-17-11-6-12-18-26)29(36-20-25-15-9-5-10-16-25)27(39-31)22-35-19-24-13-7-4-8-14-24/h3-18,23,27-31H,1,19-22H2,2H3/t23-,27-,28-,29+,30-,31-/m1/s1. The van der Waals surface area contributed by atoms with Crippen molar-refractivity contribution in [2.75, 3.05) is 6.61 Å². The van der Waals surface area contributed by atoms with Gasteiger partial charge in [-0.15, -0.1) is 6.58 Å². The fourth-order valence-electron chi connectivity index (χ4n) is 4.38. The lowest BCUT2D eigenvalue weighted by Crippen LogP contribution is -2.60. The minimum Gasteiger partial charge on any atom is -0.374 e. The monoisotopic (exact) mass is 529 g/mol. The fraction of sp³-hybridized carbons (Fsp3) is 0.355. The molecule has 0 bridgehead atoms. The summed E-state index contributed by atoms with van der Waals surface area (Å²) >= 11 is 0. The Morgan fingerprint density at radius 1 is 0.846 bits per heavy atom. The Morgan fingerprint density at radius 3 is 1.87 bits per heavy atom. The Hall–Kier alpha value is -3.49. The highest BCUT2D eigenvalue weighted by Gasteiger charge is 2.48. The van der Waals surface area contributed by atoms with Crippen molar-refractivity contribution in [2.45, 2.75) is 63.5 Å². The first-order valence-electron chi connectivity index (χ1n) is 13.1. The topological polar surface area (TPSA) is 94.9 Å². The molecule has 8 heteroatoms. The van der Waals surface area contributed by atoms with Gasteiger partial charge >= 0.3 is 0 Å². The van der Waals surface area contributed by atoms with E-state index in [1.165, 1.54) is 0 Å². The summed E-state index contributed by atoms with van der Waals surface area (Å²) in [4.78, 5) is 3.10. The van der Waals surface area contributed by atoms with Gasteiger partial charge in [-0.05, 0) is 29.1 Å². The van der Waals surface area contributed by atoms with E-state index in [9.17, 15) is 5.53 Å². The van der Waals surface area contributed by atoms with Crippen molar-refractivity contribution in [1.29, 1.82) is 0 Å². The molecule has 3 aromatic carbocycles. The lowest BCUT2D eigenvalue weighted by atomic mass is 9.96. The molecule has 39 heavy (non-hydrogen) atoms. The average Bonchev–Trinajstić information content (AvgIpc) is 2.98. The molecule has 0 saturated carbocycles. The van der Waals surface area contributed by atoms with E-state index in [2.05, 4.69) is 16.6 Å². The largest absolute Gasteiger partial charge is 0.374 e. The molecule has 0 aromatic heterocycles. The Labute approximate surface area is 229 Å². The summed E-state index contributed by atoms with van der Waals surface area (Å²) in [7, 11) is 0. The molecule has 0 aliphatic carbocycles. The van der Waals surface area contributed by atoms with Crippen molar-refractivity contribution >= 4 is 0 Å². The lowest BCUT2D eigenvalue weighted by molar-refractivity contribution is -0.291. The highest BCUT2D eigenvalue weighted by Crippen LogP contribution is 2.31. The maximum Gasteiger partial charge on any atom is 0.170 e. The van der Waals surface area contributed by atoms with Crippen molar-refractivity contribution in [3.05, 3.63) is 131 Å². The quantitative estimate of drug-likeness (QED) is 0.105. The van der Waals surface area contributed by atoms with Crippen molar-refractivity contribution in [1.82, 2.24) is 0 Å². The van der Waals surface area contributed by atoms with E-state index in [0.29, 0.717) is 19.8 Å². The van der Waals surface area contributed by atoms with Crippen LogP contribution >= 0.6 is 0 Å². The molecule has 1 aliphatic heterocycles. The third-order valence-electron chi connectivity index (χ3n) is 6.44. The third kappa shape index (κ3) is 8.50. The molecule has 3 aromatic rings. The SMILES string of the molecule is C=C[C@@H](C)O[C@@H]1O[C@H](COCc2ccccc2)[C@H](OCc2ccccc2)[C@H](OCc2ccccc2)[C@H]1N=[N+]=[N-]. The van der Waals surface area contributed by atoms with Crippen LogP contribution in [0.5, 0.6) is 0 Å². The van der Waals surface area contributed by atoms with Gasteiger partial charge in [0, 0.05) is 4.91 Å². The smallest absolute Gasteiger partial charge is 0.170 e. The number of hydrogen-bond donors (Lipinski definition) is 0. The molecule has 0 unspecified atom stereocenters. The predicted molar refractivity (Wildman–Crippen MR) is 148 cm³/mol. The average molecular weight is 530 g/mol. The van der Waals surface area contributed by atoms with Crippen molar-refractivity contribution in [3.63, 3.8) is 0 Å². The van der Waals surface area contributed by atoms with Crippen molar-refractivity contribution in [3.8, 4) is 0 Å². The fourth-order valence-corrected chi connectivity index (χ4v) is 4.38. The summed E-state index contributed by atoms with van der Waals surface area (Å²) in [6.07, 6.45) is -1.37. The predicted octanol–water partition coefficient (Wildman–Crippen LogP) is 6.37. The molecule has 1 heterocycles. The van der Waals surface area contributed by atoms with E-state index in [-0.39, 0.29) is 12.7 Å². The van der Waals surface area contributed by atoms with Crippen LogP contribution in [0.1, 0.15) is 23.6 Å². The number of azide groups is 1. The molecule has 0 radical (unpaired) electrons. The van der Waals surface area contributed by atoms with E-state index in [1.54, 1.807) is 6.08 Å². The number of hydrogen-bond acceptors (Lipinski definition) is 6. The summed E-state index contributed by atoms with van der Waals surface area (Å²) in [6, 6.07) is 28.8. The minimum absolute atomic E-state index is 0.227. The highest BCUT2D eigenvalue weighted by atomic mass is 16.7. The van der Waals surface area contributed by atoms with Gasteiger partial charge in [0.15, 0.2) is 6.29 Å². The molecule has 204 valence electrons. The van der Waals surface area contributed by atoms with Crippen LogP contribution in [-0.4, -0.2) is 43.4 Å². The number of ether oxygens (including phenoxy) is 5. The lowest BCUT2D eigenvalue weighted by Gasteiger charge is -2.45. The van der Waals surface area contributed by atoms with Gasteiger partial charge in [0.25, 0.3) is 0 Å². The molecule has 1 saturated heterocycles. The van der Waals surface area contributed by atoms with Gasteiger partial charge in [-0.2, -0.15) is 0 Å². The molecule has 4 rings (SSSR count). The Morgan fingerprint density at radius 2 is 1.36 bits per heavy atom. The molecular weight excluding hydrogens is 494 g/mol. The zero-order chi connectivity index (χ0) is 27.3. The highest BCUT2D eigenvalue weighted by molar-refractivity contribution is 5.15. The summed E-state index contributed by atoms with van der Waals surface area (Å²) in [5, 5.41) is 4.06. The molecule has 8 nitrogen and oxygen atoms in total.